The molecule has 0 saturated heterocycles. The van der Waals surface area contributed by atoms with E-state index in [1.807, 2.05) is 52.0 Å². The number of aromatic nitrogens is 1. The van der Waals surface area contributed by atoms with Crippen molar-refractivity contribution in [3.8, 4) is 0 Å². The average molecular weight is 1200 g/mol. The summed E-state index contributed by atoms with van der Waals surface area (Å²) in [7, 11) is 0. The first-order valence-corrected chi connectivity index (χ1v) is 24.0. The van der Waals surface area contributed by atoms with E-state index in [1.165, 1.54) is 28.7 Å². The molecule has 8 rings (SSSR count). The fraction of sp³-hybridized carbons (Fsp3) is 0.381. The molecule has 0 bridgehead atoms. The van der Waals surface area contributed by atoms with Gasteiger partial charge in [-0.05, 0) is 59.7 Å². The first kappa shape index (κ1) is 67.1. The third kappa shape index (κ3) is 21.3. The monoisotopic (exact) mass is 1200 g/mol. The summed E-state index contributed by atoms with van der Waals surface area (Å²) in [6.45, 7) is 21.5. The van der Waals surface area contributed by atoms with Crippen LogP contribution >= 0.6 is 0 Å². The molecule has 1 heterocycles. The van der Waals surface area contributed by atoms with E-state index >= 15 is 0 Å². The maximum Gasteiger partial charge on any atom is 0 e. The van der Waals surface area contributed by atoms with E-state index in [4.69, 9.17) is 0 Å². The minimum atomic E-state index is -0.0364. The summed E-state index contributed by atoms with van der Waals surface area (Å²) in [5.74, 6) is 0.980. The maximum atomic E-state index is 4.07. The van der Waals surface area contributed by atoms with Crippen molar-refractivity contribution in [2.24, 2.45) is 28.1 Å². The van der Waals surface area contributed by atoms with Crippen LogP contribution in [0.25, 0.3) is 11.1 Å². The summed E-state index contributed by atoms with van der Waals surface area (Å²) in [5, 5.41) is 0. The largest absolute Gasteiger partial charge is 0.302 e. The number of hydrogen-bond donors (Lipinski definition) is 0. The van der Waals surface area contributed by atoms with Crippen LogP contribution in [0, 0.1) is 76.7 Å². The topological polar surface area (TPSA) is 12.9 Å². The summed E-state index contributed by atoms with van der Waals surface area (Å²) in [4.78, 5) is 4.07. The second-order valence-corrected chi connectivity index (χ2v) is 17.7. The Bertz CT molecular complexity index is 2220. The fourth-order valence-electron chi connectivity index (χ4n) is 8.00. The van der Waals surface area contributed by atoms with Crippen LogP contribution in [0.2, 0.25) is 0 Å². The molecule has 0 N–H and O–H groups in total. The molecular formula is C63H73NY4-8. The van der Waals surface area contributed by atoms with Crippen LogP contribution in [-0.2, 0) is 131 Å². The molecule has 1 nitrogen and oxygen atoms in total. The molecule has 0 amide bonds. The predicted octanol–water partition coefficient (Wildman–Crippen LogP) is 17.0. The fourth-order valence-corrected chi connectivity index (χ4v) is 8.00. The van der Waals surface area contributed by atoms with Gasteiger partial charge >= 0.3 is 0 Å². The van der Waals surface area contributed by atoms with E-state index < -0.39 is 0 Å². The Kier molecular flexibility index (Phi) is 35.7. The smallest absolute Gasteiger partial charge is 0 e. The van der Waals surface area contributed by atoms with Crippen molar-refractivity contribution >= 4 is 11.1 Å². The van der Waals surface area contributed by atoms with Crippen LogP contribution in [0.3, 0.4) is 0 Å². The van der Waals surface area contributed by atoms with Gasteiger partial charge in [-0.2, -0.15) is 85.0 Å². The van der Waals surface area contributed by atoms with Crippen molar-refractivity contribution < 1.29 is 131 Å². The molecule has 4 atom stereocenters. The van der Waals surface area contributed by atoms with Crippen LogP contribution < -0.4 is 0 Å². The van der Waals surface area contributed by atoms with Crippen LogP contribution in [0.4, 0.5) is 0 Å². The van der Waals surface area contributed by atoms with Gasteiger partial charge in [0.2, 0.25) is 0 Å². The number of hydrogen-bond acceptors (Lipinski definition) is 1. The van der Waals surface area contributed by atoms with Gasteiger partial charge in [0.1, 0.15) is 0 Å². The number of allylic oxidation sites excluding steroid dienone is 28. The molecule has 68 heavy (non-hydrogen) atoms. The predicted molar refractivity (Wildman–Crippen MR) is 274 cm³/mol. The van der Waals surface area contributed by atoms with Gasteiger partial charge in [0.15, 0.2) is 0 Å². The Morgan fingerprint density at radius 1 is 0.603 bits per heavy atom. The molecule has 0 saturated carbocycles. The van der Waals surface area contributed by atoms with E-state index in [2.05, 4.69) is 198 Å². The van der Waals surface area contributed by atoms with Crippen molar-refractivity contribution in [1.82, 2.24) is 4.98 Å². The quantitative estimate of drug-likeness (QED) is 0.263. The molecule has 0 fully saturated rings. The average Bonchev–Trinajstić information content (AvgIpc) is 3.94. The molecule has 5 heteroatoms. The van der Waals surface area contributed by atoms with Crippen LogP contribution in [0.5, 0.6) is 0 Å². The van der Waals surface area contributed by atoms with E-state index in [9.17, 15) is 0 Å². The van der Waals surface area contributed by atoms with Gasteiger partial charge in [0.05, 0.1) is 0 Å². The zero-order chi connectivity index (χ0) is 46.3. The Balaban J connectivity index is 0.00000111. The second-order valence-electron chi connectivity index (χ2n) is 17.7. The van der Waals surface area contributed by atoms with Crippen LogP contribution in [0.15, 0.2) is 162 Å². The third-order valence-corrected chi connectivity index (χ3v) is 12.0. The molecule has 350 valence electrons. The van der Waals surface area contributed by atoms with Gasteiger partial charge < -0.3 is 22.3 Å². The number of benzene rings is 1. The molecule has 2 aromatic rings. The van der Waals surface area contributed by atoms with E-state index in [-0.39, 0.29) is 147 Å². The molecule has 1 aromatic heterocycles. The van der Waals surface area contributed by atoms with Crippen LogP contribution in [0.1, 0.15) is 138 Å². The van der Waals surface area contributed by atoms with Crippen molar-refractivity contribution in [3.63, 3.8) is 0 Å². The minimum absolute atomic E-state index is 0. The molecule has 0 aliphatic heterocycles. The first-order valence-electron chi connectivity index (χ1n) is 24.0. The van der Waals surface area contributed by atoms with Crippen molar-refractivity contribution in [2.75, 3.05) is 0 Å². The van der Waals surface area contributed by atoms with Gasteiger partial charge in [0, 0.05) is 131 Å². The Morgan fingerprint density at radius 2 is 1.13 bits per heavy atom. The third-order valence-electron chi connectivity index (χ3n) is 12.0. The summed E-state index contributed by atoms with van der Waals surface area (Å²) in [6, 6.07) is 16.6. The summed E-state index contributed by atoms with van der Waals surface area (Å²) in [6.07, 6.45) is 69.9. The summed E-state index contributed by atoms with van der Waals surface area (Å²) >= 11 is 0. The molecule has 0 spiro atoms. The number of rotatable bonds is 6. The standard InChI is InChI=1S/C29H29N.C27H24.C3H8.2C2H6.4Y/c1-28(2)17-5-8-24(13-19-28)23-7-4-10-27(12-11-23)29(3)18-6-9-25(14-20-29)26-15-21-30-22-16-26;1-27(20-9-15-25(19-21-27)23-12-6-3-7-13-23)26-16-8-14-24(17-18-26)22-10-4-2-5-11-22;1-3-2;2*1-2;;;;/h4-6,8,11,14-15,18,20-22,27H,10,12,17,19H2,1-3H3;3-4,6-10,12,17,19-21,26H,2,5,16,18H2,1H3;3H2,1-2H3;2*1-2H3;;;;/q2*-4;;;;;;;. The molecule has 1 aromatic carbocycles. The zero-order valence-corrected chi connectivity index (χ0v) is 54.4. The first-order chi connectivity index (χ1) is 31.1. The van der Waals surface area contributed by atoms with E-state index in [0.29, 0.717) is 11.8 Å². The minimum Gasteiger partial charge on any atom is -0.302 e. The van der Waals surface area contributed by atoms with Gasteiger partial charge in [-0.25, -0.2) is 59.7 Å². The summed E-state index contributed by atoms with van der Waals surface area (Å²) < 4.78 is 0. The SMILES string of the molecule is CC.CC.CC1(C)C[C-]=C(C2=CCC(C3(C)C=C[C-]=C(c4[c-]cncc4)C=C3)CC=[C-]2)C=CC1.CC1(C2CC=[C-]C(C3=[C-]CCC=C3)=CC2)C=C[C-]=C(c2[c-]cccc2)C=C1.CCC.[Y].[Y].[Y].[Y]. The van der Waals surface area contributed by atoms with Crippen molar-refractivity contribution in [1.29, 1.82) is 0 Å². The Hall–Kier alpha value is -0.854. The van der Waals surface area contributed by atoms with Crippen molar-refractivity contribution in [2.45, 2.75) is 127 Å². The normalized spacial score (nSPS) is 23.7. The Labute approximate surface area is 517 Å². The zero-order valence-electron chi connectivity index (χ0n) is 43.1. The maximum absolute atomic E-state index is 4.07. The molecular weight excluding hydrogens is 1130 g/mol. The van der Waals surface area contributed by atoms with Gasteiger partial charge in [-0.15, -0.1) is 30.4 Å². The van der Waals surface area contributed by atoms with Crippen LogP contribution in [-0.4, -0.2) is 4.98 Å². The number of pyridine rings is 1. The Morgan fingerprint density at radius 3 is 1.62 bits per heavy atom. The van der Waals surface area contributed by atoms with E-state index in [0.717, 1.165) is 73.6 Å². The van der Waals surface area contributed by atoms with Gasteiger partial charge in [-0.3, -0.25) is 28.3 Å². The second kappa shape index (κ2) is 36.1. The molecule has 6 aliphatic rings. The molecule has 4 radical (unpaired) electrons. The molecule has 6 aliphatic carbocycles. The van der Waals surface area contributed by atoms with E-state index in [1.54, 1.807) is 12.4 Å². The molecule has 4 unspecified atom stereocenters. The van der Waals surface area contributed by atoms with Gasteiger partial charge in [0.25, 0.3) is 0 Å². The van der Waals surface area contributed by atoms with Gasteiger partial charge in [-0.1, -0.05) is 108 Å². The van der Waals surface area contributed by atoms with Crippen molar-refractivity contribution in [3.05, 3.63) is 222 Å². The summed E-state index contributed by atoms with van der Waals surface area (Å²) in [5.41, 5.74) is 9.28. The number of nitrogens with zero attached hydrogens (tertiary/aromatic N) is 1.